The third-order valence-corrected chi connectivity index (χ3v) is 2.78. The van der Waals surface area contributed by atoms with E-state index in [2.05, 4.69) is 25.1 Å². The number of benzene rings is 1. The van der Waals surface area contributed by atoms with Crippen molar-refractivity contribution in [3.63, 3.8) is 0 Å². The van der Waals surface area contributed by atoms with E-state index in [-0.39, 0.29) is 16.7 Å². The molecule has 1 N–H and O–H groups in total. The van der Waals surface area contributed by atoms with Crippen LogP contribution in [0.4, 0.5) is 20.3 Å². The van der Waals surface area contributed by atoms with Crippen molar-refractivity contribution in [1.29, 1.82) is 0 Å². The lowest BCUT2D eigenvalue weighted by atomic mass is 10.3. The van der Waals surface area contributed by atoms with Gasteiger partial charge >= 0.3 is 6.61 Å². The first-order chi connectivity index (χ1) is 10.1. The summed E-state index contributed by atoms with van der Waals surface area (Å²) in [5.41, 5.74) is 0.344. The topological polar surface area (TPSA) is 64.3 Å². The molecule has 0 aliphatic rings. The molecule has 3 aromatic rings. The van der Waals surface area contributed by atoms with E-state index in [9.17, 15) is 8.78 Å². The minimum Gasteiger partial charge on any atom is -0.433 e. The van der Waals surface area contributed by atoms with Crippen molar-refractivity contribution in [3.05, 3.63) is 41.8 Å². The third-order valence-electron chi connectivity index (χ3n) is 2.59. The average molecular weight is 312 g/mol. The lowest BCUT2D eigenvalue weighted by Crippen LogP contribution is -2.06. The SMILES string of the molecule is FC(F)Oc1ccccc1Nc1cc(Cl)nc2ncnn12. The van der Waals surface area contributed by atoms with E-state index < -0.39 is 6.61 Å². The highest BCUT2D eigenvalue weighted by Crippen LogP contribution is 2.29. The van der Waals surface area contributed by atoms with Gasteiger partial charge in [-0.15, -0.1) is 0 Å². The number of nitrogens with one attached hydrogen (secondary N) is 1. The smallest absolute Gasteiger partial charge is 0.387 e. The second-order valence-electron chi connectivity index (χ2n) is 3.94. The Hall–Kier alpha value is -2.48. The Balaban J connectivity index is 2.01. The summed E-state index contributed by atoms with van der Waals surface area (Å²) in [5.74, 6) is 0.721. The standard InChI is InChI=1S/C12H8ClF2N5O/c13-9-5-10(20-12(19-9)16-6-17-20)18-7-3-1-2-4-8(7)21-11(14)15/h1-6,11,18H. The number of fused-ring (bicyclic) bond motifs is 1. The molecule has 0 saturated heterocycles. The molecule has 0 spiro atoms. The van der Waals surface area contributed by atoms with Gasteiger partial charge in [-0.05, 0) is 12.1 Å². The molecule has 1 aromatic carbocycles. The molecule has 0 unspecified atom stereocenters. The molecule has 0 atom stereocenters. The fourth-order valence-electron chi connectivity index (χ4n) is 1.78. The van der Waals surface area contributed by atoms with Crippen LogP contribution in [-0.2, 0) is 0 Å². The number of para-hydroxylation sites is 2. The van der Waals surface area contributed by atoms with Crippen LogP contribution >= 0.6 is 11.6 Å². The van der Waals surface area contributed by atoms with Gasteiger partial charge in [-0.2, -0.15) is 28.4 Å². The summed E-state index contributed by atoms with van der Waals surface area (Å²) in [6, 6.07) is 7.79. The fourth-order valence-corrected chi connectivity index (χ4v) is 1.96. The molecule has 0 radical (unpaired) electrons. The molecule has 0 saturated carbocycles. The molecular weight excluding hydrogens is 304 g/mol. The first kappa shape index (κ1) is 13.5. The van der Waals surface area contributed by atoms with Crippen molar-refractivity contribution < 1.29 is 13.5 Å². The normalized spacial score (nSPS) is 11.0. The molecule has 9 heteroatoms. The van der Waals surface area contributed by atoms with Gasteiger partial charge in [0, 0.05) is 6.07 Å². The van der Waals surface area contributed by atoms with E-state index in [1.165, 1.54) is 23.0 Å². The number of anilines is 2. The largest absolute Gasteiger partial charge is 0.433 e. The highest BCUT2D eigenvalue weighted by molar-refractivity contribution is 6.29. The number of nitrogens with zero attached hydrogens (tertiary/aromatic N) is 4. The number of alkyl halides is 2. The molecule has 0 aliphatic carbocycles. The Bertz CT molecular complexity index is 779. The van der Waals surface area contributed by atoms with Gasteiger partial charge in [0.15, 0.2) is 0 Å². The van der Waals surface area contributed by atoms with E-state index in [0.717, 1.165) is 0 Å². The lowest BCUT2D eigenvalue weighted by molar-refractivity contribution is -0.0493. The molecule has 0 fully saturated rings. The first-order valence-electron chi connectivity index (χ1n) is 5.80. The number of rotatable bonds is 4. The van der Waals surface area contributed by atoms with E-state index in [1.54, 1.807) is 18.2 Å². The molecule has 2 aromatic heterocycles. The molecule has 108 valence electrons. The average Bonchev–Trinajstić information content (AvgIpc) is 2.88. The minimum absolute atomic E-state index is 0.00806. The molecule has 6 nitrogen and oxygen atoms in total. The number of hydrogen-bond acceptors (Lipinski definition) is 5. The van der Waals surface area contributed by atoms with Crippen molar-refractivity contribution in [2.45, 2.75) is 6.61 Å². The van der Waals surface area contributed by atoms with E-state index in [0.29, 0.717) is 11.5 Å². The van der Waals surface area contributed by atoms with E-state index in [1.807, 2.05) is 0 Å². The van der Waals surface area contributed by atoms with Crippen molar-refractivity contribution in [2.24, 2.45) is 0 Å². The summed E-state index contributed by atoms with van der Waals surface area (Å²) >= 11 is 5.89. The molecule has 2 heterocycles. The summed E-state index contributed by atoms with van der Waals surface area (Å²) in [6.45, 7) is -2.92. The van der Waals surface area contributed by atoms with Crippen LogP contribution in [0.5, 0.6) is 5.75 Å². The van der Waals surface area contributed by atoms with Crippen LogP contribution in [-0.4, -0.2) is 26.2 Å². The quantitative estimate of drug-likeness (QED) is 0.750. The summed E-state index contributed by atoms with van der Waals surface area (Å²) in [7, 11) is 0. The molecule has 0 amide bonds. The second kappa shape index (κ2) is 5.49. The van der Waals surface area contributed by atoms with Gasteiger partial charge in [0.05, 0.1) is 5.69 Å². The number of halogens is 3. The predicted octanol–water partition coefficient (Wildman–Crippen LogP) is 3.12. The molecule has 0 aliphatic heterocycles. The van der Waals surface area contributed by atoms with Gasteiger partial charge in [-0.1, -0.05) is 23.7 Å². The Morgan fingerprint density at radius 1 is 1.29 bits per heavy atom. The number of ether oxygens (including phenoxy) is 1. The monoisotopic (exact) mass is 311 g/mol. The Labute approximate surface area is 122 Å². The van der Waals surface area contributed by atoms with Crippen LogP contribution in [0.2, 0.25) is 5.15 Å². The summed E-state index contributed by atoms with van der Waals surface area (Å²) in [6.07, 6.45) is 1.31. The third kappa shape index (κ3) is 2.84. The highest BCUT2D eigenvalue weighted by atomic mass is 35.5. The van der Waals surface area contributed by atoms with Crippen molar-refractivity contribution >= 4 is 28.9 Å². The van der Waals surface area contributed by atoms with Crippen LogP contribution in [0.1, 0.15) is 0 Å². The summed E-state index contributed by atoms with van der Waals surface area (Å²) < 4.78 is 30.6. The van der Waals surface area contributed by atoms with Crippen LogP contribution in [0, 0.1) is 0 Å². The lowest BCUT2D eigenvalue weighted by Gasteiger charge is -2.13. The Kier molecular flexibility index (Phi) is 3.53. The maximum Gasteiger partial charge on any atom is 0.387 e. The molecule has 21 heavy (non-hydrogen) atoms. The zero-order valence-electron chi connectivity index (χ0n) is 10.4. The van der Waals surface area contributed by atoms with Crippen molar-refractivity contribution in [2.75, 3.05) is 5.32 Å². The summed E-state index contributed by atoms with van der Waals surface area (Å²) in [4.78, 5) is 7.89. The highest BCUT2D eigenvalue weighted by Gasteiger charge is 2.12. The zero-order valence-corrected chi connectivity index (χ0v) is 11.1. The minimum atomic E-state index is -2.92. The van der Waals surface area contributed by atoms with E-state index >= 15 is 0 Å². The van der Waals surface area contributed by atoms with Gasteiger partial charge in [-0.25, -0.2) is 0 Å². The van der Waals surface area contributed by atoms with Gasteiger partial charge in [0.25, 0.3) is 5.78 Å². The fraction of sp³-hybridized carbons (Fsp3) is 0.0833. The maximum absolute atomic E-state index is 12.4. The van der Waals surface area contributed by atoms with Crippen molar-refractivity contribution in [1.82, 2.24) is 19.6 Å². The van der Waals surface area contributed by atoms with Gasteiger partial charge in [0.2, 0.25) is 0 Å². The Morgan fingerprint density at radius 2 is 2.10 bits per heavy atom. The van der Waals surface area contributed by atoms with Gasteiger partial charge < -0.3 is 10.1 Å². The predicted molar refractivity (Wildman–Crippen MR) is 72.1 cm³/mol. The maximum atomic E-state index is 12.4. The molecule has 3 rings (SSSR count). The van der Waals surface area contributed by atoms with Gasteiger partial charge in [0.1, 0.15) is 23.0 Å². The summed E-state index contributed by atoms with van der Waals surface area (Å²) in [5, 5.41) is 7.10. The Morgan fingerprint density at radius 3 is 2.90 bits per heavy atom. The number of hydrogen-bond donors (Lipinski definition) is 1. The molecule has 0 bridgehead atoms. The first-order valence-corrected chi connectivity index (χ1v) is 6.18. The van der Waals surface area contributed by atoms with E-state index in [4.69, 9.17) is 11.6 Å². The van der Waals surface area contributed by atoms with Crippen molar-refractivity contribution in [3.8, 4) is 5.75 Å². The number of aromatic nitrogens is 4. The van der Waals surface area contributed by atoms with Crippen LogP contribution in [0.15, 0.2) is 36.7 Å². The van der Waals surface area contributed by atoms with Gasteiger partial charge in [-0.3, -0.25) is 0 Å². The van der Waals surface area contributed by atoms with Crippen LogP contribution < -0.4 is 10.1 Å². The molecular formula is C12H8ClF2N5O. The van der Waals surface area contributed by atoms with Crippen LogP contribution in [0.25, 0.3) is 5.78 Å². The second-order valence-corrected chi connectivity index (χ2v) is 4.32. The zero-order chi connectivity index (χ0) is 14.8. The van der Waals surface area contributed by atoms with Crippen LogP contribution in [0.3, 0.4) is 0 Å².